The minimum absolute atomic E-state index is 0.608. The molecular weight excluding hydrogens is 174 g/mol. The Morgan fingerprint density at radius 2 is 1.93 bits per heavy atom. The molecule has 0 aromatic carbocycles. The molecule has 0 N–H and O–H groups in total. The number of hydrogen-bond acceptors (Lipinski definition) is 2. The summed E-state index contributed by atoms with van der Waals surface area (Å²) < 4.78 is 5.31. The lowest BCUT2D eigenvalue weighted by molar-refractivity contribution is -0.212. The molecule has 3 fully saturated rings. The summed E-state index contributed by atoms with van der Waals surface area (Å²) >= 11 is 0. The van der Waals surface area contributed by atoms with Crippen molar-refractivity contribution in [3.63, 3.8) is 0 Å². The Morgan fingerprint density at radius 3 is 2.29 bits per heavy atom. The zero-order chi connectivity index (χ0) is 9.76. The fourth-order valence-corrected chi connectivity index (χ4v) is 3.36. The largest absolute Gasteiger partial charge is 0.380 e. The van der Waals surface area contributed by atoms with Crippen molar-refractivity contribution >= 4 is 0 Å². The van der Waals surface area contributed by atoms with Gasteiger partial charge in [-0.1, -0.05) is 13.8 Å². The van der Waals surface area contributed by atoms with Crippen molar-refractivity contribution in [2.45, 2.75) is 32.7 Å². The molecular formula is C12H21NO. The van der Waals surface area contributed by atoms with Crippen molar-refractivity contribution in [3.8, 4) is 0 Å². The molecule has 0 aromatic heterocycles. The molecule has 3 rings (SSSR count). The van der Waals surface area contributed by atoms with Crippen LogP contribution in [0.5, 0.6) is 0 Å². The Bertz CT molecular complexity index is 226. The van der Waals surface area contributed by atoms with Gasteiger partial charge in [0.25, 0.3) is 0 Å². The molecule has 2 unspecified atom stereocenters. The van der Waals surface area contributed by atoms with Gasteiger partial charge < -0.3 is 4.74 Å². The number of likely N-dealkylation sites (tertiary alicyclic amines) is 1. The molecule has 2 nitrogen and oxygen atoms in total. The van der Waals surface area contributed by atoms with Crippen molar-refractivity contribution in [2.75, 3.05) is 26.3 Å². The van der Waals surface area contributed by atoms with Gasteiger partial charge in [0.05, 0.1) is 13.2 Å². The van der Waals surface area contributed by atoms with E-state index in [4.69, 9.17) is 4.74 Å². The van der Waals surface area contributed by atoms with E-state index in [-0.39, 0.29) is 0 Å². The summed E-state index contributed by atoms with van der Waals surface area (Å²) in [5.41, 5.74) is 0.608. The second-order valence-electron chi connectivity index (χ2n) is 5.95. The van der Waals surface area contributed by atoms with Gasteiger partial charge in [0.2, 0.25) is 0 Å². The SMILES string of the molecule is CC(C)C1CCC1N1CC2(COC2)C1. The highest BCUT2D eigenvalue weighted by molar-refractivity contribution is 5.04. The van der Waals surface area contributed by atoms with Crippen molar-refractivity contribution in [2.24, 2.45) is 17.3 Å². The molecule has 0 aromatic rings. The second-order valence-corrected chi connectivity index (χ2v) is 5.95. The predicted octanol–water partition coefficient (Wildman–Crippen LogP) is 1.75. The van der Waals surface area contributed by atoms with Gasteiger partial charge in [0, 0.05) is 24.5 Å². The third-order valence-corrected chi connectivity index (χ3v) is 4.51. The lowest BCUT2D eigenvalue weighted by Crippen LogP contribution is -2.70. The first kappa shape index (κ1) is 9.17. The van der Waals surface area contributed by atoms with Crippen LogP contribution in [-0.4, -0.2) is 37.2 Å². The third-order valence-electron chi connectivity index (χ3n) is 4.51. The predicted molar refractivity (Wildman–Crippen MR) is 56.2 cm³/mol. The van der Waals surface area contributed by atoms with Gasteiger partial charge in [-0.25, -0.2) is 0 Å². The van der Waals surface area contributed by atoms with E-state index in [1.807, 2.05) is 0 Å². The average Bonchev–Trinajstić information content (AvgIpc) is 1.86. The minimum atomic E-state index is 0.608. The highest BCUT2D eigenvalue weighted by atomic mass is 16.5. The van der Waals surface area contributed by atoms with E-state index in [0.717, 1.165) is 31.1 Å². The lowest BCUT2D eigenvalue weighted by atomic mass is 9.67. The fraction of sp³-hybridized carbons (Fsp3) is 1.00. The van der Waals surface area contributed by atoms with Crippen LogP contribution in [0.1, 0.15) is 26.7 Å². The van der Waals surface area contributed by atoms with Crippen LogP contribution in [0, 0.1) is 17.3 Å². The van der Waals surface area contributed by atoms with E-state index in [2.05, 4.69) is 18.7 Å². The molecule has 0 radical (unpaired) electrons. The summed E-state index contributed by atoms with van der Waals surface area (Å²) in [5, 5.41) is 0. The summed E-state index contributed by atoms with van der Waals surface area (Å²) in [7, 11) is 0. The summed E-state index contributed by atoms with van der Waals surface area (Å²) in [6.45, 7) is 9.45. The quantitative estimate of drug-likeness (QED) is 0.665. The molecule has 14 heavy (non-hydrogen) atoms. The van der Waals surface area contributed by atoms with Crippen LogP contribution in [-0.2, 0) is 4.74 Å². The molecule has 80 valence electrons. The monoisotopic (exact) mass is 195 g/mol. The van der Waals surface area contributed by atoms with Gasteiger partial charge >= 0.3 is 0 Å². The van der Waals surface area contributed by atoms with Gasteiger partial charge in [-0.3, -0.25) is 4.90 Å². The van der Waals surface area contributed by atoms with Crippen LogP contribution in [0.2, 0.25) is 0 Å². The summed E-state index contributed by atoms with van der Waals surface area (Å²) in [5.74, 6) is 1.86. The lowest BCUT2D eigenvalue weighted by Gasteiger charge is -2.61. The molecule has 3 aliphatic rings. The van der Waals surface area contributed by atoms with E-state index >= 15 is 0 Å². The topological polar surface area (TPSA) is 12.5 Å². The van der Waals surface area contributed by atoms with E-state index in [9.17, 15) is 0 Å². The summed E-state index contributed by atoms with van der Waals surface area (Å²) in [6.07, 6.45) is 2.90. The van der Waals surface area contributed by atoms with Crippen molar-refractivity contribution in [1.29, 1.82) is 0 Å². The van der Waals surface area contributed by atoms with Crippen LogP contribution in [0.3, 0.4) is 0 Å². The van der Waals surface area contributed by atoms with Gasteiger partial charge in [0.1, 0.15) is 0 Å². The Labute approximate surface area is 86.6 Å². The zero-order valence-electron chi connectivity index (χ0n) is 9.33. The standard InChI is InChI=1S/C12H21NO/c1-9(2)10-3-4-11(10)13-5-12(6-13)7-14-8-12/h9-11H,3-8H2,1-2H3. The maximum Gasteiger partial charge on any atom is 0.0569 e. The van der Waals surface area contributed by atoms with E-state index in [1.54, 1.807) is 0 Å². The first-order valence-corrected chi connectivity index (χ1v) is 6.02. The summed E-state index contributed by atoms with van der Waals surface area (Å²) in [6, 6.07) is 0.918. The Balaban J connectivity index is 1.54. The average molecular weight is 195 g/mol. The normalized spacial score (nSPS) is 40.5. The summed E-state index contributed by atoms with van der Waals surface area (Å²) in [4.78, 5) is 2.71. The maximum atomic E-state index is 5.31. The fourth-order valence-electron chi connectivity index (χ4n) is 3.36. The van der Waals surface area contributed by atoms with Crippen molar-refractivity contribution in [3.05, 3.63) is 0 Å². The zero-order valence-corrected chi connectivity index (χ0v) is 9.33. The molecule has 1 aliphatic carbocycles. The van der Waals surface area contributed by atoms with Crippen LogP contribution in [0.15, 0.2) is 0 Å². The molecule has 1 saturated carbocycles. The van der Waals surface area contributed by atoms with E-state index in [0.29, 0.717) is 5.41 Å². The van der Waals surface area contributed by atoms with Crippen molar-refractivity contribution in [1.82, 2.24) is 4.90 Å². The molecule has 2 saturated heterocycles. The van der Waals surface area contributed by atoms with Crippen LogP contribution in [0.25, 0.3) is 0 Å². The molecule has 0 amide bonds. The smallest absolute Gasteiger partial charge is 0.0569 e. The minimum Gasteiger partial charge on any atom is -0.380 e. The van der Waals surface area contributed by atoms with Gasteiger partial charge in [-0.15, -0.1) is 0 Å². The van der Waals surface area contributed by atoms with Crippen LogP contribution >= 0.6 is 0 Å². The van der Waals surface area contributed by atoms with Crippen LogP contribution in [0.4, 0.5) is 0 Å². The first-order valence-electron chi connectivity index (χ1n) is 6.02. The molecule has 2 heteroatoms. The van der Waals surface area contributed by atoms with Gasteiger partial charge in [-0.2, -0.15) is 0 Å². The number of ether oxygens (including phenoxy) is 1. The Hall–Kier alpha value is -0.0800. The molecule has 1 spiro atoms. The first-order chi connectivity index (χ1) is 6.70. The number of hydrogen-bond donors (Lipinski definition) is 0. The second kappa shape index (κ2) is 2.96. The Morgan fingerprint density at radius 1 is 1.21 bits per heavy atom. The van der Waals surface area contributed by atoms with Crippen LogP contribution < -0.4 is 0 Å². The van der Waals surface area contributed by atoms with Gasteiger partial charge in [0.15, 0.2) is 0 Å². The highest BCUT2D eigenvalue weighted by Crippen LogP contribution is 2.46. The molecule has 0 bridgehead atoms. The Kier molecular flexibility index (Phi) is 1.94. The molecule has 2 atom stereocenters. The third kappa shape index (κ3) is 1.17. The molecule has 2 aliphatic heterocycles. The highest BCUT2D eigenvalue weighted by Gasteiger charge is 2.53. The van der Waals surface area contributed by atoms with Gasteiger partial charge in [-0.05, 0) is 24.7 Å². The number of rotatable bonds is 2. The van der Waals surface area contributed by atoms with E-state index < -0.39 is 0 Å². The maximum absolute atomic E-state index is 5.31. The van der Waals surface area contributed by atoms with Crippen molar-refractivity contribution < 1.29 is 4.74 Å². The number of nitrogens with zero attached hydrogens (tertiary/aromatic N) is 1. The van der Waals surface area contributed by atoms with E-state index in [1.165, 1.54) is 25.9 Å². The molecule has 2 heterocycles.